The molecule has 1 aromatic heterocycles. The lowest BCUT2D eigenvalue weighted by Gasteiger charge is -2.11. The summed E-state index contributed by atoms with van der Waals surface area (Å²) in [5.74, 6) is -0.484. The van der Waals surface area contributed by atoms with Crippen molar-refractivity contribution in [3.05, 3.63) is 102 Å². The van der Waals surface area contributed by atoms with Crippen LogP contribution in [0, 0.1) is 5.82 Å². The first kappa shape index (κ1) is 23.0. The van der Waals surface area contributed by atoms with Crippen molar-refractivity contribution in [1.29, 1.82) is 0 Å². The maximum absolute atomic E-state index is 14.4. The maximum Gasteiger partial charge on any atom is 0.416 e. The van der Waals surface area contributed by atoms with Crippen LogP contribution < -0.4 is 10.1 Å². The molecule has 1 amide bonds. The first-order valence-corrected chi connectivity index (χ1v) is 10.2. The SMILES string of the molecule is COc1ccc(-n2nc(-c3ccccc3F)cc2C(=O)NCc2cccc(C(F)(F)F)c2)cc1. The van der Waals surface area contributed by atoms with Gasteiger partial charge in [-0.15, -0.1) is 0 Å². The summed E-state index contributed by atoms with van der Waals surface area (Å²) >= 11 is 0. The Morgan fingerprint density at radius 2 is 1.74 bits per heavy atom. The number of alkyl halides is 3. The lowest BCUT2D eigenvalue weighted by molar-refractivity contribution is -0.137. The van der Waals surface area contributed by atoms with E-state index in [2.05, 4.69) is 10.4 Å². The number of methoxy groups -OCH3 is 1. The van der Waals surface area contributed by atoms with Gasteiger partial charge in [0.2, 0.25) is 0 Å². The molecule has 9 heteroatoms. The zero-order chi connectivity index (χ0) is 24.3. The van der Waals surface area contributed by atoms with Crippen molar-refractivity contribution in [2.24, 2.45) is 0 Å². The van der Waals surface area contributed by atoms with Crippen LogP contribution in [-0.4, -0.2) is 22.8 Å². The van der Waals surface area contributed by atoms with E-state index in [1.165, 1.54) is 36.1 Å². The van der Waals surface area contributed by atoms with Crippen molar-refractivity contribution in [2.75, 3.05) is 7.11 Å². The molecule has 3 aromatic carbocycles. The van der Waals surface area contributed by atoms with Gasteiger partial charge in [-0.25, -0.2) is 9.07 Å². The highest BCUT2D eigenvalue weighted by Gasteiger charge is 2.30. The van der Waals surface area contributed by atoms with E-state index in [0.717, 1.165) is 12.1 Å². The van der Waals surface area contributed by atoms with E-state index in [9.17, 15) is 22.4 Å². The summed E-state index contributed by atoms with van der Waals surface area (Å²) in [6.45, 7) is -0.133. The van der Waals surface area contributed by atoms with E-state index in [1.54, 1.807) is 42.5 Å². The summed E-state index contributed by atoms with van der Waals surface area (Å²) in [6, 6.07) is 18.9. The fourth-order valence-corrected chi connectivity index (χ4v) is 3.39. The van der Waals surface area contributed by atoms with Gasteiger partial charge in [0.05, 0.1) is 24.1 Å². The third-order valence-electron chi connectivity index (χ3n) is 5.12. The van der Waals surface area contributed by atoms with E-state index in [1.807, 2.05) is 0 Å². The Bertz CT molecular complexity index is 1310. The van der Waals surface area contributed by atoms with E-state index in [0.29, 0.717) is 11.4 Å². The number of amides is 1. The minimum absolute atomic E-state index is 0.0930. The number of hydrogen-bond acceptors (Lipinski definition) is 3. The van der Waals surface area contributed by atoms with Crippen molar-refractivity contribution in [3.63, 3.8) is 0 Å². The highest BCUT2D eigenvalue weighted by atomic mass is 19.4. The summed E-state index contributed by atoms with van der Waals surface area (Å²) in [5.41, 5.74) is 0.542. The van der Waals surface area contributed by atoms with Crippen molar-refractivity contribution in [3.8, 4) is 22.7 Å². The minimum Gasteiger partial charge on any atom is -0.497 e. The smallest absolute Gasteiger partial charge is 0.416 e. The zero-order valence-electron chi connectivity index (χ0n) is 17.9. The standard InChI is InChI=1S/C25H19F4N3O2/c1-34-19-11-9-18(10-12-19)32-23(14-22(31-32)20-7-2-3-8-21(20)26)24(33)30-15-16-5-4-6-17(13-16)25(27,28)29/h2-14H,15H2,1H3,(H,30,33). The number of rotatable bonds is 6. The number of hydrogen-bond donors (Lipinski definition) is 1. The molecule has 0 aliphatic heterocycles. The van der Waals surface area contributed by atoms with Crippen LogP contribution in [0.2, 0.25) is 0 Å². The van der Waals surface area contributed by atoms with Gasteiger partial charge in [0.15, 0.2) is 0 Å². The molecule has 4 aromatic rings. The fraction of sp³-hybridized carbons (Fsp3) is 0.120. The topological polar surface area (TPSA) is 56.2 Å². The molecular formula is C25H19F4N3O2. The molecule has 0 radical (unpaired) electrons. The molecule has 0 saturated carbocycles. The van der Waals surface area contributed by atoms with Crippen LogP contribution in [0.4, 0.5) is 17.6 Å². The van der Waals surface area contributed by atoms with Gasteiger partial charge >= 0.3 is 6.18 Å². The van der Waals surface area contributed by atoms with Gasteiger partial charge in [0, 0.05) is 12.1 Å². The van der Waals surface area contributed by atoms with Gasteiger partial charge in [0.1, 0.15) is 17.3 Å². The Morgan fingerprint density at radius 1 is 1.00 bits per heavy atom. The first-order chi connectivity index (χ1) is 16.3. The van der Waals surface area contributed by atoms with Crippen molar-refractivity contribution >= 4 is 5.91 Å². The predicted molar refractivity (Wildman–Crippen MR) is 118 cm³/mol. The third-order valence-corrected chi connectivity index (χ3v) is 5.12. The molecule has 0 saturated heterocycles. The van der Waals surface area contributed by atoms with Crippen LogP contribution in [-0.2, 0) is 12.7 Å². The molecule has 1 N–H and O–H groups in total. The molecule has 0 bridgehead atoms. The van der Waals surface area contributed by atoms with E-state index >= 15 is 0 Å². The van der Waals surface area contributed by atoms with Crippen LogP contribution in [0.15, 0.2) is 78.9 Å². The molecule has 34 heavy (non-hydrogen) atoms. The largest absolute Gasteiger partial charge is 0.497 e. The second kappa shape index (κ2) is 9.38. The Kier molecular flexibility index (Phi) is 6.36. The number of nitrogens with zero attached hydrogens (tertiary/aromatic N) is 2. The minimum atomic E-state index is -4.48. The number of ether oxygens (including phenoxy) is 1. The molecule has 0 unspecified atom stereocenters. The summed E-state index contributed by atoms with van der Waals surface area (Å²) in [6.07, 6.45) is -4.48. The van der Waals surface area contributed by atoms with Gasteiger partial charge in [-0.3, -0.25) is 4.79 Å². The number of halogens is 4. The van der Waals surface area contributed by atoms with E-state index < -0.39 is 23.5 Å². The third kappa shape index (κ3) is 4.93. The van der Waals surface area contributed by atoms with Crippen molar-refractivity contribution in [1.82, 2.24) is 15.1 Å². The molecule has 0 spiro atoms. The monoisotopic (exact) mass is 469 g/mol. The zero-order valence-corrected chi connectivity index (χ0v) is 17.9. The average molecular weight is 469 g/mol. The first-order valence-electron chi connectivity index (χ1n) is 10.2. The van der Waals surface area contributed by atoms with Gasteiger partial charge in [-0.1, -0.05) is 24.3 Å². The molecule has 0 fully saturated rings. The maximum atomic E-state index is 14.4. The summed E-state index contributed by atoms with van der Waals surface area (Å²) in [7, 11) is 1.52. The molecule has 0 aliphatic rings. The summed E-state index contributed by atoms with van der Waals surface area (Å²) in [4.78, 5) is 13.0. The predicted octanol–water partition coefficient (Wildman–Crippen LogP) is 5.64. The Labute approximate surface area is 192 Å². The van der Waals surface area contributed by atoms with Crippen molar-refractivity contribution in [2.45, 2.75) is 12.7 Å². The number of benzene rings is 3. The molecular weight excluding hydrogens is 450 g/mol. The van der Waals surface area contributed by atoms with E-state index in [-0.39, 0.29) is 29.1 Å². The van der Waals surface area contributed by atoms with Crippen LogP contribution in [0.5, 0.6) is 5.75 Å². The molecule has 0 aliphatic carbocycles. The number of aromatic nitrogens is 2. The van der Waals surface area contributed by atoms with Gasteiger partial charge in [0.25, 0.3) is 5.91 Å². The Morgan fingerprint density at radius 3 is 2.41 bits per heavy atom. The van der Waals surface area contributed by atoms with Crippen LogP contribution in [0.1, 0.15) is 21.6 Å². The normalized spacial score (nSPS) is 11.3. The highest BCUT2D eigenvalue weighted by molar-refractivity contribution is 5.94. The summed E-state index contributed by atoms with van der Waals surface area (Å²) in [5, 5.41) is 7.04. The van der Waals surface area contributed by atoms with Crippen LogP contribution in [0.25, 0.3) is 16.9 Å². The van der Waals surface area contributed by atoms with E-state index in [4.69, 9.17) is 4.74 Å². The van der Waals surface area contributed by atoms with Gasteiger partial charge in [-0.2, -0.15) is 18.3 Å². The number of carbonyl (C=O) groups is 1. The average Bonchev–Trinajstić information content (AvgIpc) is 3.28. The van der Waals surface area contributed by atoms with Crippen molar-refractivity contribution < 1.29 is 27.1 Å². The molecule has 4 rings (SSSR count). The number of nitrogens with one attached hydrogen (secondary N) is 1. The lowest BCUT2D eigenvalue weighted by Crippen LogP contribution is -2.25. The number of carbonyl (C=O) groups excluding carboxylic acids is 1. The Balaban J connectivity index is 1.66. The summed E-state index contributed by atoms with van der Waals surface area (Å²) < 4.78 is 59.8. The fourth-order valence-electron chi connectivity index (χ4n) is 3.39. The molecule has 1 heterocycles. The van der Waals surface area contributed by atoms with Gasteiger partial charge < -0.3 is 10.1 Å². The van der Waals surface area contributed by atoms with Gasteiger partial charge in [-0.05, 0) is 60.2 Å². The highest BCUT2D eigenvalue weighted by Crippen LogP contribution is 2.29. The lowest BCUT2D eigenvalue weighted by atomic mass is 10.1. The second-order valence-corrected chi connectivity index (χ2v) is 7.39. The molecule has 174 valence electrons. The Hall–Kier alpha value is -4.14. The molecule has 0 atom stereocenters. The molecule has 5 nitrogen and oxygen atoms in total. The quantitative estimate of drug-likeness (QED) is 0.372. The van der Waals surface area contributed by atoms with Crippen LogP contribution in [0.3, 0.4) is 0 Å². The van der Waals surface area contributed by atoms with Crippen LogP contribution >= 0.6 is 0 Å². The second-order valence-electron chi connectivity index (χ2n) is 7.39.